The summed E-state index contributed by atoms with van der Waals surface area (Å²) in [4.78, 5) is 12.5. The van der Waals surface area contributed by atoms with Gasteiger partial charge < -0.3 is 4.74 Å². The average molecular weight is 298 g/mol. The molecule has 0 amide bonds. The zero-order valence-electron chi connectivity index (χ0n) is 14.1. The van der Waals surface area contributed by atoms with E-state index in [-0.39, 0.29) is 18.0 Å². The summed E-state index contributed by atoms with van der Waals surface area (Å²) in [6, 6.07) is 9.76. The molecule has 0 saturated heterocycles. The summed E-state index contributed by atoms with van der Waals surface area (Å²) < 4.78 is 5.67. The molecule has 1 aromatic carbocycles. The second-order valence-electron chi connectivity index (χ2n) is 5.98. The number of esters is 1. The van der Waals surface area contributed by atoms with Crippen LogP contribution in [0.15, 0.2) is 42.5 Å². The van der Waals surface area contributed by atoms with Gasteiger partial charge in [0.1, 0.15) is 0 Å². The van der Waals surface area contributed by atoms with E-state index in [1.807, 2.05) is 44.2 Å². The summed E-state index contributed by atoms with van der Waals surface area (Å²) in [5.74, 6) is 5.93. The van der Waals surface area contributed by atoms with Gasteiger partial charge in [0.25, 0.3) is 0 Å². The van der Waals surface area contributed by atoms with Crippen LogP contribution in [0.25, 0.3) is 0 Å². The third-order valence-corrected chi connectivity index (χ3v) is 3.29. The van der Waals surface area contributed by atoms with Crippen LogP contribution in [0.4, 0.5) is 0 Å². The van der Waals surface area contributed by atoms with Gasteiger partial charge in [0.05, 0.1) is 5.92 Å². The lowest BCUT2D eigenvalue weighted by Crippen LogP contribution is -2.23. The summed E-state index contributed by atoms with van der Waals surface area (Å²) in [6.07, 6.45) is 1.07. The molecule has 2 nitrogen and oxygen atoms in total. The van der Waals surface area contributed by atoms with Gasteiger partial charge in [0, 0.05) is 0 Å². The van der Waals surface area contributed by atoms with Crippen molar-refractivity contribution in [2.75, 3.05) is 0 Å². The predicted octanol–water partition coefficient (Wildman–Crippen LogP) is 4.72. The van der Waals surface area contributed by atoms with Crippen LogP contribution in [0.1, 0.15) is 52.0 Å². The Bertz CT molecular complexity index is 546. The van der Waals surface area contributed by atoms with Crippen LogP contribution in [0.3, 0.4) is 0 Å². The maximum absolute atomic E-state index is 12.5. The van der Waals surface area contributed by atoms with Crippen LogP contribution in [0, 0.1) is 17.8 Å². The van der Waals surface area contributed by atoms with Crippen molar-refractivity contribution in [1.29, 1.82) is 0 Å². The Morgan fingerprint density at radius 2 is 1.91 bits per heavy atom. The number of carbonyl (C=O) groups excluding carboxylic acids is 1. The van der Waals surface area contributed by atoms with E-state index in [2.05, 4.69) is 32.3 Å². The summed E-state index contributed by atoms with van der Waals surface area (Å²) >= 11 is 0. The fraction of sp³-hybridized carbons (Fsp3) is 0.450. The first kappa shape index (κ1) is 18.0. The number of hydrogen-bond donors (Lipinski definition) is 0. The minimum absolute atomic E-state index is 0.199. The Kier molecular flexibility index (Phi) is 7.46. The molecule has 0 aromatic heterocycles. The van der Waals surface area contributed by atoms with E-state index >= 15 is 0 Å². The maximum atomic E-state index is 12.5. The van der Waals surface area contributed by atoms with E-state index in [1.165, 1.54) is 0 Å². The quantitative estimate of drug-likeness (QED) is 0.561. The molecule has 0 heterocycles. The molecule has 22 heavy (non-hydrogen) atoms. The SMILES string of the molecule is C=C(C)C#CC(CC(C)C)OC(=O)C(CC)c1ccccc1. The lowest BCUT2D eigenvalue weighted by Gasteiger charge is -2.19. The Balaban J connectivity index is 2.85. The van der Waals surface area contributed by atoms with Crippen molar-refractivity contribution in [3.05, 3.63) is 48.0 Å². The Hall–Kier alpha value is -2.01. The van der Waals surface area contributed by atoms with E-state index in [4.69, 9.17) is 4.74 Å². The van der Waals surface area contributed by atoms with Gasteiger partial charge in [-0.15, -0.1) is 0 Å². The van der Waals surface area contributed by atoms with Gasteiger partial charge >= 0.3 is 5.97 Å². The summed E-state index contributed by atoms with van der Waals surface area (Å²) in [7, 11) is 0. The van der Waals surface area contributed by atoms with Crippen LogP contribution in [0.2, 0.25) is 0 Å². The molecule has 1 aromatic rings. The highest BCUT2D eigenvalue weighted by Crippen LogP contribution is 2.22. The van der Waals surface area contributed by atoms with Crippen LogP contribution < -0.4 is 0 Å². The zero-order valence-corrected chi connectivity index (χ0v) is 14.1. The van der Waals surface area contributed by atoms with E-state index in [0.717, 1.165) is 17.6 Å². The fourth-order valence-electron chi connectivity index (χ4n) is 2.21. The summed E-state index contributed by atoms with van der Waals surface area (Å²) in [5, 5.41) is 0. The monoisotopic (exact) mass is 298 g/mol. The summed E-state index contributed by atoms with van der Waals surface area (Å²) in [5.41, 5.74) is 1.77. The number of carbonyl (C=O) groups is 1. The molecule has 0 saturated carbocycles. The minimum atomic E-state index is -0.373. The van der Waals surface area contributed by atoms with Crippen molar-refractivity contribution in [3.63, 3.8) is 0 Å². The molecule has 2 unspecified atom stereocenters. The smallest absolute Gasteiger partial charge is 0.314 e. The van der Waals surface area contributed by atoms with Crippen molar-refractivity contribution in [2.45, 2.75) is 52.6 Å². The van der Waals surface area contributed by atoms with Gasteiger partial charge in [0.2, 0.25) is 0 Å². The molecule has 0 aliphatic carbocycles. The number of benzene rings is 1. The van der Waals surface area contributed by atoms with Crippen molar-refractivity contribution < 1.29 is 9.53 Å². The maximum Gasteiger partial charge on any atom is 0.314 e. The van der Waals surface area contributed by atoms with Crippen molar-refractivity contribution in [2.24, 2.45) is 5.92 Å². The Morgan fingerprint density at radius 1 is 1.27 bits per heavy atom. The van der Waals surface area contributed by atoms with E-state index in [0.29, 0.717) is 12.3 Å². The van der Waals surface area contributed by atoms with E-state index in [9.17, 15) is 4.79 Å². The second kappa shape index (κ2) is 9.10. The number of hydrogen-bond acceptors (Lipinski definition) is 2. The lowest BCUT2D eigenvalue weighted by atomic mass is 9.96. The van der Waals surface area contributed by atoms with Crippen LogP contribution in [0.5, 0.6) is 0 Å². The predicted molar refractivity (Wildman–Crippen MR) is 91.4 cm³/mol. The third-order valence-electron chi connectivity index (χ3n) is 3.29. The zero-order chi connectivity index (χ0) is 16.5. The number of allylic oxidation sites excluding steroid dienone is 1. The molecule has 118 valence electrons. The first-order valence-electron chi connectivity index (χ1n) is 7.86. The van der Waals surface area contributed by atoms with Gasteiger partial charge in [-0.25, -0.2) is 0 Å². The van der Waals surface area contributed by atoms with Crippen LogP contribution in [-0.2, 0) is 9.53 Å². The van der Waals surface area contributed by atoms with Crippen molar-refractivity contribution in [3.8, 4) is 11.8 Å². The normalized spacial score (nSPS) is 13.0. The lowest BCUT2D eigenvalue weighted by molar-refractivity contribution is -0.149. The molecule has 2 heteroatoms. The van der Waals surface area contributed by atoms with Gasteiger partial charge in [-0.3, -0.25) is 4.79 Å². The minimum Gasteiger partial charge on any atom is -0.449 e. The molecule has 0 radical (unpaired) electrons. The Labute approximate surface area is 134 Å². The first-order valence-corrected chi connectivity index (χ1v) is 7.86. The molecule has 0 spiro atoms. The highest BCUT2D eigenvalue weighted by atomic mass is 16.5. The highest BCUT2D eigenvalue weighted by Gasteiger charge is 2.23. The van der Waals surface area contributed by atoms with Gasteiger partial charge in [0.15, 0.2) is 6.10 Å². The topological polar surface area (TPSA) is 26.3 Å². The van der Waals surface area contributed by atoms with E-state index in [1.54, 1.807) is 0 Å². The summed E-state index contributed by atoms with van der Waals surface area (Å²) in [6.45, 7) is 11.8. The Morgan fingerprint density at radius 3 is 2.41 bits per heavy atom. The van der Waals surface area contributed by atoms with Gasteiger partial charge in [-0.05, 0) is 36.8 Å². The fourth-order valence-corrected chi connectivity index (χ4v) is 2.21. The van der Waals surface area contributed by atoms with Crippen molar-refractivity contribution in [1.82, 2.24) is 0 Å². The second-order valence-corrected chi connectivity index (χ2v) is 5.98. The van der Waals surface area contributed by atoms with E-state index < -0.39 is 0 Å². The third kappa shape index (κ3) is 6.18. The average Bonchev–Trinajstić information content (AvgIpc) is 2.46. The first-order chi connectivity index (χ1) is 10.4. The molecular formula is C20H26O2. The molecular weight excluding hydrogens is 272 g/mol. The molecule has 0 fully saturated rings. The number of ether oxygens (including phenoxy) is 1. The highest BCUT2D eigenvalue weighted by molar-refractivity contribution is 5.78. The number of rotatable bonds is 6. The van der Waals surface area contributed by atoms with Crippen LogP contribution in [-0.4, -0.2) is 12.1 Å². The largest absolute Gasteiger partial charge is 0.449 e. The molecule has 0 N–H and O–H groups in total. The molecule has 0 bridgehead atoms. The molecule has 0 aliphatic rings. The van der Waals surface area contributed by atoms with Crippen molar-refractivity contribution >= 4 is 5.97 Å². The van der Waals surface area contributed by atoms with Gasteiger partial charge in [-0.2, -0.15) is 0 Å². The molecule has 2 atom stereocenters. The van der Waals surface area contributed by atoms with Crippen LogP contribution >= 0.6 is 0 Å². The molecule has 1 rings (SSSR count). The standard InChI is InChI=1S/C20H26O2/c1-6-19(17-10-8-7-9-11-17)20(21)22-18(14-16(4)5)13-12-15(2)3/h7-11,16,18-19H,2,6,14H2,1,3-5H3. The molecule has 0 aliphatic heterocycles. The van der Waals surface area contributed by atoms with Gasteiger partial charge in [-0.1, -0.05) is 69.5 Å².